The van der Waals surface area contributed by atoms with Crippen LogP contribution in [0.5, 0.6) is 0 Å². The average Bonchev–Trinajstić information content (AvgIpc) is 2.70. The lowest BCUT2D eigenvalue weighted by Gasteiger charge is -2.04. The third kappa shape index (κ3) is 2.73. The Labute approximate surface area is 117 Å². The SMILES string of the molecule is Cn1ccc(CS(=O)(=O)c2cscc2Br)cc1=O. The Morgan fingerprint density at radius 1 is 1.39 bits per heavy atom. The molecular weight excluding hydrogens is 338 g/mol. The first-order chi connectivity index (χ1) is 8.40. The van der Waals surface area contributed by atoms with E-state index in [2.05, 4.69) is 15.9 Å². The van der Waals surface area contributed by atoms with Crippen LogP contribution in [-0.4, -0.2) is 13.0 Å². The normalized spacial score (nSPS) is 11.7. The van der Waals surface area contributed by atoms with Gasteiger partial charge in [0.05, 0.1) is 10.6 Å². The van der Waals surface area contributed by atoms with Crippen LogP contribution >= 0.6 is 27.3 Å². The quantitative estimate of drug-likeness (QED) is 0.854. The molecule has 0 fully saturated rings. The number of nitrogens with zero attached hydrogens (tertiary/aromatic N) is 1. The molecule has 0 saturated carbocycles. The minimum atomic E-state index is -3.41. The smallest absolute Gasteiger partial charge is 0.250 e. The van der Waals surface area contributed by atoms with Crippen LogP contribution in [0.3, 0.4) is 0 Å². The Morgan fingerprint density at radius 2 is 2.11 bits per heavy atom. The molecule has 2 rings (SSSR count). The number of sulfone groups is 1. The van der Waals surface area contributed by atoms with E-state index in [0.717, 1.165) is 0 Å². The number of hydrogen-bond donors (Lipinski definition) is 0. The van der Waals surface area contributed by atoms with Crippen LogP contribution in [0.15, 0.2) is 43.3 Å². The van der Waals surface area contributed by atoms with Gasteiger partial charge < -0.3 is 4.57 Å². The van der Waals surface area contributed by atoms with Crippen LogP contribution in [0.1, 0.15) is 5.56 Å². The van der Waals surface area contributed by atoms with Gasteiger partial charge in [-0.1, -0.05) is 0 Å². The van der Waals surface area contributed by atoms with Crippen LogP contribution in [0, 0.1) is 0 Å². The van der Waals surface area contributed by atoms with Gasteiger partial charge in [-0.05, 0) is 27.6 Å². The summed E-state index contributed by atoms with van der Waals surface area (Å²) in [5.41, 5.74) is 0.281. The van der Waals surface area contributed by atoms with Crippen molar-refractivity contribution >= 4 is 37.1 Å². The van der Waals surface area contributed by atoms with Crippen molar-refractivity contribution in [1.29, 1.82) is 0 Å². The Bertz CT molecular complexity index is 731. The van der Waals surface area contributed by atoms with Gasteiger partial charge in [-0.3, -0.25) is 4.79 Å². The molecule has 0 aliphatic rings. The zero-order chi connectivity index (χ0) is 13.3. The number of aromatic nitrogens is 1. The van der Waals surface area contributed by atoms with Gasteiger partial charge in [0.15, 0.2) is 9.84 Å². The number of pyridine rings is 1. The highest BCUT2D eigenvalue weighted by Gasteiger charge is 2.19. The molecule has 18 heavy (non-hydrogen) atoms. The minimum absolute atomic E-state index is 0.168. The summed E-state index contributed by atoms with van der Waals surface area (Å²) < 4.78 is 26.3. The topological polar surface area (TPSA) is 56.1 Å². The van der Waals surface area contributed by atoms with Crippen molar-refractivity contribution in [2.75, 3.05) is 0 Å². The monoisotopic (exact) mass is 347 g/mol. The lowest BCUT2D eigenvalue weighted by molar-refractivity contribution is 0.595. The van der Waals surface area contributed by atoms with Gasteiger partial charge in [0, 0.05) is 34.5 Å². The van der Waals surface area contributed by atoms with Gasteiger partial charge in [-0.25, -0.2) is 8.42 Å². The summed E-state index contributed by atoms with van der Waals surface area (Å²) >= 11 is 4.52. The van der Waals surface area contributed by atoms with Crippen molar-refractivity contribution < 1.29 is 8.42 Å². The number of hydrogen-bond acceptors (Lipinski definition) is 4. The molecule has 2 aromatic heterocycles. The van der Waals surface area contributed by atoms with Crippen LogP contribution < -0.4 is 5.56 Å². The van der Waals surface area contributed by atoms with Crippen molar-refractivity contribution in [1.82, 2.24) is 4.57 Å². The molecule has 2 aromatic rings. The summed E-state index contributed by atoms with van der Waals surface area (Å²) in [7, 11) is -1.79. The molecule has 0 spiro atoms. The van der Waals surface area contributed by atoms with Gasteiger partial charge in [0.2, 0.25) is 0 Å². The summed E-state index contributed by atoms with van der Waals surface area (Å²) in [5.74, 6) is -0.168. The highest BCUT2D eigenvalue weighted by atomic mass is 79.9. The molecule has 0 aliphatic heterocycles. The summed E-state index contributed by atoms with van der Waals surface area (Å²) in [6.07, 6.45) is 1.57. The predicted molar refractivity (Wildman–Crippen MR) is 74.6 cm³/mol. The van der Waals surface area contributed by atoms with Crippen molar-refractivity contribution in [2.45, 2.75) is 10.6 Å². The first-order valence-corrected chi connectivity index (χ1v) is 8.39. The van der Waals surface area contributed by atoms with Gasteiger partial charge in [0.25, 0.3) is 5.56 Å². The number of rotatable bonds is 3. The Hall–Kier alpha value is -0.920. The van der Waals surface area contributed by atoms with Crippen LogP contribution in [0.25, 0.3) is 0 Å². The molecule has 0 radical (unpaired) electrons. The molecular formula is C11H10BrNO3S2. The summed E-state index contributed by atoms with van der Waals surface area (Å²) in [6.45, 7) is 0. The Balaban J connectivity index is 2.37. The molecule has 7 heteroatoms. The fourth-order valence-electron chi connectivity index (χ4n) is 1.47. The molecule has 0 N–H and O–H groups in total. The van der Waals surface area contributed by atoms with Gasteiger partial charge >= 0.3 is 0 Å². The largest absolute Gasteiger partial charge is 0.319 e. The lowest BCUT2D eigenvalue weighted by Crippen LogP contribution is -2.16. The molecule has 0 atom stereocenters. The van der Waals surface area contributed by atoms with E-state index in [1.807, 2.05) is 0 Å². The molecule has 0 saturated heterocycles. The second-order valence-electron chi connectivity index (χ2n) is 3.83. The molecule has 0 aliphatic carbocycles. The van der Waals surface area contributed by atoms with Gasteiger partial charge in [0.1, 0.15) is 0 Å². The molecule has 4 nitrogen and oxygen atoms in total. The molecule has 0 amide bonds. The number of thiophene rings is 1. The van der Waals surface area contributed by atoms with E-state index >= 15 is 0 Å². The fourth-order valence-corrected chi connectivity index (χ4v) is 5.32. The maximum Gasteiger partial charge on any atom is 0.250 e. The molecule has 96 valence electrons. The van der Waals surface area contributed by atoms with Gasteiger partial charge in [-0.2, -0.15) is 0 Å². The van der Waals surface area contributed by atoms with E-state index in [-0.39, 0.29) is 16.2 Å². The lowest BCUT2D eigenvalue weighted by atomic mass is 10.3. The second-order valence-corrected chi connectivity index (χ2v) is 7.38. The van der Waals surface area contributed by atoms with E-state index in [0.29, 0.717) is 10.0 Å². The van der Waals surface area contributed by atoms with Crippen LogP contribution in [-0.2, 0) is 22.6 Å². The van der Waals surface area contributed by atoms with Gasteiger partial charge in [-0.15, -0.1) is 11.3 Å². The highest BCUT2D eigenvalue weighted by Crippen LogP contribution is 2.28. The van der Waals surface area contributed by atoms with E-state index < -0.39 is 9.84 Å². The maximum atomic E-state index is 12.1. The van der Waals surface area contributed by atoms with E-state index in [1.165, 1.54) is 22.0 Å². The van der Waals surface area contributed by atoms with Crippen molar-refractivity contribution in [3.63, 3.8) is 0 Å². The van der Waals surface area contributed by atoms with Crippen molar-refractivity contribution in [2.24, 2.45) is 7.05 Å². The average molecular weight is 348 g/mol. The second kappa shape index (κ2) is 4.99. The Morgan fingerprint density at radius 3 is 2.67 bits per heavy atom. The molecule has 2 heterocycles. The van der Waals surface area contributed by atoms with Crippen LogP contribution in [0.2, 0.25) is 0 Å². The minimum Gasteiger partial charge on any atom is -0.319 e. The van der Waals surface area contributed by atoms with E-state index in [4.69, 9.17) is 0 Å². The standard InChI is InChI=1S/C11H10BrNO3S2/c1-13-3-2-8(4-11(13)14)7-18(15,16)10-6-17-5-9(10)12/h2-6H,7H2,1H3. The number of aryl methyl sites for hydroxylation is 1. The fraction of sp³-hybridized carbons (Fsp3) is 0.182. The zero-order valence-electron chi connectivity index (χ0n) is 9.46. The number of halogens is 1. The van der Waals surface area contributed by atoms with E-state index in [9.17, 15) is 13.2 Å². The van der Waals surface area contributed by atoms with Crippen molar-refractivity contribution in [3.05, 3.63) is 49.5 Å². The van der Waals surface area contributed by atoms with Crippen molar-refractivity contribution in [3.8, 4) is 0 Å². The zero-order valence-corrected chi connectivity index (χ0v) is 12.7. The molecule has 0 unspecified atom stereocenters. The first kappa shape index (κ1) is 13.5. The highest BCUT2D eigenvalue weighted by molar-refractivity contribution is 9.10. The summed E-state index contributed by atoms with van der Waals surface area (Å²) in [4.78, 5) is 11.7. The predicted octanol–water partition coefficient (Wildman–Crippen LogP) is 2.18. The molecule has 0 bridgehead atoms. The summed E-state index contributed by atoms with van der Waals surface area (Å²) in [6, 6.07) is 2.98. The first-order valence-electron chi connectivity index (χ1n) is 5.00. The Kier molecular flexibility index (Phi) is 3.74. The van der Waals surface area contributed by atoms with Crippen LogP contribution in [0.4, 0.5) is 0 Å². The third-order valence-corrected chi connectivity index (χ3v) is 6.28. The maximum absolute atomic E-state index is 12.1. The third-order valence-electron chi connectivity index (χ3n) is 2.44. The summed E-state index contributed by atoms with van der Waals surface area (Å²) in [5, 5.41) is 3.30. The van der Waals surface area contributed by atoms with E-state index in [1.54, 1.807) is 30.1 Å². The molecule has 0 aromatic carbocycles.